The number of nitrogens with zero attached hydrogens (tertiary/aromatic N) is 1. The lowest BCUT2D eigenvalue weighted by Gasteiger charge is -2.31. The Balaban J connectivity index is 1.80. The molecule has 8 heteroatoms. The number of carbonyl (C=O) groups excluding carboxylic acids is 3. The van der Waals surface area contributed by atoms with Crippen molar-refractivity contribution >= 4 is 41.1 Å². The maximum absolute atomic E-state index is 12.2. The first-order valence-corrected chi connectivity index (χ1v) is 8.95. The van der Waals surface area contributed by atoms with E-state index >= 15 is 0 Å². The molecule has 1 saturated heterocycles. The van der Waals surface area contributed by atoms with Crippen LogP contribution in [0.1, 0.15) is 16.8 Å². The molecule has 1 fully saturated rings. The van der Waals surface area contributed by atoms with Crippen molar-refractivity contribution in [3.63, 3.8) is 0 Å². The second kappa shape index (κ2) is 8.94. The Morgan fingerprint density at radius 1 is 1.38 bits per heavy atom. The zero-order valence-corrected chi connectivity index (χ0v) is 14.9. The molecule has 0 spiro atoms. The van der Waals surface area contributed by atoms with Crippen LogP contribution in [0.5, 0.6) is 0 Å². The summed E-state index contributed by atoms with van der Waals surface area (Å²) < 4.78 is 4.72. The number of halogens is 1. The Morgan fingerprint density at radius 2 is 2.12 bits per heavy atom. The standard InChI is InChI=1S/C16H19ClN2O4S/c1-23-16(22)13-10-19(8-9-24-13)14(20)6-7-18-15(21)11-4-2-3-5-12(11)17/h2-5,13H,6-10H2,1H3,(H,18,21)/t13-/m0/s1. The highest BCUT2D eigenvalue weighted by atomic mass is 35.5. The van der Waals surface area contributed by atoms with Crippen LogP contribution >= 0.6 is 23.4 Å². The molecule has 0 aromatic heterocycles. The molecule has 2 rings (SSSR count). The molecule has 6 nitrogen and oxygen atoms in total. The minimum Gasteiger partial charge on any atom is -0.468 e. The highest BCUT2D eigenvalue weighted by Gasteiger charge is 2.29. The second-order valence-electron chi connectivity index (χ2n) is 5.21. The molecule has 0 radical (unpaired) electrons. The highest BCUT2D eigenvalue weighted by Crippen LogP contribution is 2.20. The molecule has 0 aliphatic carbocycles. The molecule has 1 N–H and O–H groups in total. The fraction of sp³-hybridized carbons (Fsp3) is 0.438. The molecule has 130 valence electrons. The van der Waals surface area contributed by atoms with E-state index < -0.39 is 0 Å². The summed E-state index contributed by atoms with van der Waals surface area (Å²) in [4.78, 5) is 37.5. The van der Waals surface area contributed by atoms with Gasteiger partial charge in [-0.3, -0.25) is 14.4 Å². The van der Waals surface area contributed by atoms with E-state index in [1.165, 1.54) is 18.9 Å². The third-order valence-corrected chi connectivity index (χ3v) is 5.12. The molecule has 1 atom stereocenters. The predicted molar refractivity (Wildman–Crippen MR) is 93.2 cm³/mol. The smallest absolute Gasteiger partial charge is 0.320 e. The number of amides is 2. The fourth-order valence-corrected chi connectivity index (χ4v) is 3.68. The van der Waals surface area contributed by atoms with Crippen molar-refractivity contribution in [2.75, 3.05) is 32.5 Å². The number of esters is 1. The van der Waals surface area contributed by atoms with Gasteiger partial charge in [-0.05, 0) is 12.1 Å². The van der Waals surface area contributed by atoms with E-state index in [4.69, 9.17) is 16.3 Å². The number of ether oxygens (including phenoxy) is 1. The van der Waals surface area contributed by atoms with Gasteiger partial charge in [-0.2, -0.15) is 0 Å². The molecule has 2 amide bonds. The minimum absolute atomic E-state index is 0.0938. The van der Waals surface area contributed by atoms with Crippen molar-refractivity contribution in [1.29, 1.82) is 0 Å². The monoisotopic (exact) mass is 370 g/mol. The first-order chi connectivity index (χ1) is 11.5. The lowest BCUT2D eigenvalue weighted by Crippen LogP contribution is -2.45. The average Bonchev–Trinajstić information content (AvgIpc) is 2.61. The first-order valence-electron chi connectivity index (χ1n) is 7.53. The third kappa shape index (κ3) is 4.88. The van der Waals surface area contributed by atoms with Crippen molar-refractivity contribution in [2.24, 2.45) is 0 Å². The van der Waals surface area contributed by atoms with Crippen molar-refractivity contribution in [1.82, 2.24) is 10.2 Å². The molecule has 1 aromatic rings. The molecule has 0 saturated carbocycles. The summed E-state index contributed by atoms with van der Waals surface area (Å²) in [6.07, 6.45) is 0.175. The first kappa shape index (κ1) is 18.6. The summed E-state index contributed by atoms with van der Waals surface area (Å²) in [7, 11) is 1.34. The number of hydrogen-bond donors (Lipinski definition) is 1. The van der Waals surface area contributed by atoms with Crippen molar-refractivity contribution < 1.29 is 19.1 Å². The van der Waals surface area contributed by atoms with Crippen LogP contribution in [0.2, 0.25) is 5.02 Å². The van der Waals surface area contributed by atoms with Gasteiger partial charge in [0.2, 0.25) is 5.91 Å². The van der Waals surface area contributed by atoms with Crippen LogP contribution < -0.4 is 5.32 Å². The minimum atomic E-state index is -0.342. The summed E-state index contributed by atoms with van der Waals surface area (Å²) in [6, 6.07) is 6.74. The van der Waals surface area contributed by atoms with Gasteiger partial charge >= 0.3 is 5.97 Å². The summed E-state index contributed by atoms with van der Waals surface area (Å²) in [5.74, 6) is -0.0273. The second-order valence-corrected chi connectivity index (χ2v) is 6.93. The zero-order valence-electron chi connectivity index (χ0n) is 13.3. The Kier molecular flexibility index (Phi) is 6.93. The summed E-state index contributed by atoms with van der Waals surface area (Å²) in [5.41, 5.74) is 0.381. The summed E-state index contributed by atoms with van der Waals surface area (Å²) in [5, 5.41) is 2.72. The molecule has 24 heavy (non-hydrogen) atoms. The van der Waals surface area contributed by atoms with Crippen LogP contribution in [-0.2, 0) is 14.3 Å². The van der Waals surface area contributed by atoms with E-state index in [2.05, 4.69) is 5.32 Å². The van der Waals surface area contributed by atoms with Gasteiger partial charge in [0.1, 0.15) is 5.25 Å². The van der Waals surface area contributed by atoms with Gasteiger partial charge in [-0.15, -0.1) is 11.8 Å². The molecular formula is C16H19ClN2O4S. The van der Waals surface area contributed by atoms with E-state index in [1.54, 1.807) is 29.2 Å². The molecule has 1 aromatic carbocycles. The number of thioether (sulfide) groups is 1. The Bertz CT molecular complexity index is 626. The quantitative estimate of drug-likeness (QED) is 0.796. The highest BCUT2D eigenvalue weighted by molar-refractivity contribution is 8.00. The number of nitrogens with one attached hydrogen (secondary N) is 1. The molecule has 0 bridgehead atoms. The number of hydrogen-bond acceptors (Lipinski definition) is 5. The topological polar surface area (TPSA) is 75.7 Å². The summed E-state index contributed by atoms with van der Waals surface area (Å²) >= 11 is 7.45. The molecular weight excluding hydrogens is 352 g/mol. The number of carbonyl (C=O) groups is 3. The molecule has 1 aliphatic rings. The Morgan fingerprint density at radius 3 is 2.83 bits per heavy atom. The van der Waals surface area contributed by atoms with Crippen LogP contribution in [0.3, 0.4) is 0 Å². The molecule has 1 heterocycles. The van der Waals surface area contributed by atoms with E-state index in [0.717, 1.165) is 0 Å². The van der Waals surface area contributed by atoms with Crippen LogP contribution in [0.15, 0.2) is 24.3 Å². The van der Waals surface area contributed by atoms with Crippen molar-refractivity contribution in [3.8, 4) is 0 Å². The maximum Gasteiger partial charge on any atom is 0.320 e. The van der Waals surface area contributed by atoms with Gasteiger partial charge in [-0.1, -0.05) is 23.7 Å². The number of methoxy groups -OCH3 is 1. The van der Waals surface area contributed by atoms with Gasteiger partial charge in [0.05, 0.1) is 17.7 Å². The average molecular weight is 371 g/mol. The lowest BCUT2D eigenvalue weighted by molar-refractivity contribution is -0.141. The lowest BCUT2D eigenvalue weighted by atomic mass is 10.2. The fourth-order valence-electron chi connectivity index (χ4n) is 2.33. The normalized spacial score (nSPS) is 17.2. The van der Waals surface area contributed by atoms with Crippen LogP contribution in [0, 0.1) is 0 Å². The maximum atomic E-state index is 12.2. The largest absolute Gasteiger partial charge is 0.468 e. The number of rotatable bonds is 5. The Hall–Kier alpha value is -1.73. The van der Waals surface area contributed by atoms with E-state index in [9.17, 15) is 14.4 Å². The third-order valence-electron chi connectivity index (χ3n) is 3.63. The van der Waals surface area contributed by atoms with E-state index in [0.29, 0.717) is 29.4 Å². The predicted octanol–water partition coefficient (Wildman–Crippen LogP) is 1.58. The zero-order chi connectivity index (χ0) is 17.5. The van der Waals surface area contributed by atoms with Gasteiger partial charge < -0.3 is 15.0 Å². The molecule has 0 unspecified atom stereocenters. The van der Waals surface area contributed by atoms with Crippen molar-refractivity contribution in [3.05, 3.63) is 34.9 Å². The summed E-state index contributed by atoms with van der Waals surface area (Å²) in [6.45, 7) is 1.15. The van der Waals surface area contributed by atoms with Crippen LogP contribution in [0.4, 0.5) is 0 Å². The van der Waals surface area contributed by atoms with E-state index in [1.807, 2.05) is 0 Å². The number of benzene rings is 1. The SMILES string of the molecule is COC(=O)[C@@H]1CN(C(=O)CCNC(=O)c2ccccc2Cl)CCS1. The van der Waals surface area contributed by atoms with Gasteiger partial charge in [0.25, 0.3) is 5.91 Å². The molecule has 1 aliphatic heterocycles. The van der Waals surface area contributed by atoms with Crippen LogP contribution in [-0.4, -0.2) is 60.4 Å². The van der Waals surface area contributed by atoms with Crippen molar-refractivity contribution in [2.45, 2.75) is 11.7 Å². The van der Waals surface area contributed by atoms with Gasteiger partial charge in [-0.25, -0.2) is 0 Å². The van der Waals surface area contributed by atoms with E-state index in [-0.39, 0.29) is 36.0 Å². The van der Waals surface area contributed by atoms with Gasteiger partial charge in [0.15, 0.2) is 0 Å². The van der Waals surface area contributed by atoms with Crippen LogP contribution in [0.25, 0.3) is 0 Å². The Labute approximate surface area is 149 Å². The van der Waals surface area contributed by atoms with Gasteiger partial charge in [0, 0.05) is 31.8 Å².